The van der Waals surface area contributed by atoms with E-state index >= 15 is 0 Å². The number of hydrogen-bond acceptors (Lipinski definition) is 1. The smallest absolute Gasteiger partial charge is 0.227 e. The lowest BCUT2D eigenvalue weighted by Gasteiger charge is -2.04. The van der Waals surface area contributed by atoms with E-state index in [0.29, 0.717) is 6.54 Å². The molecule has 2 nitrogen and oxygen atoms in total. The molecule has 0 aliphatic carbocycles. The van der Waals surface area contributed by atoms with Crippen molar-refractivity contribution in [3.05, 3.63) is 90.3 Å². The lowest BCUT2D eigenvalue weighted by molar-refractivity contribution is -0.683. The lowest BCUT2D eigenvalue weighted by Crippen LogP contribution is -2.37. The largest absolute Gasteiger partial charge is 0.287 e. The second kappa shape index (κ2) is 6.35. The lowest BCUT2D eigenvalue weighted by atomic mass is 10.0. The van der Waals surface area contributed by atoms with Gasteiger partial charge in [-0.25, -0.2) is 0 Å². The Labute approximate surface area is 130 Å². The molecule has 1 aromatic heterocycles. The quantitative estimate of drug-likeness (QED) is 0.528. The number of Topliss-reactive ketones (excluding diaryl/α,β-unsaturated/α-hetero) is 1. The third-order valence-electron chi connectivity index (χ3n) is 3.77. The molecule has 0 radical (unpaired) electrons. The van der Waals surface area contributed by atoms with E-state index in [1.807, 2.05) is 59.4 Å². The molecule has 0 aliphatic rings. The number of rotatable bonds is 4. The fourth-order valence-corrected chi connectivity index (χ4v) is 2.52. The summed E-state index contributed by atoms with van der Waals surface area (Å²) >= 11 is 0. The van der Waals surface area contributed by atoms with Crippen LogP contribution in [-0.2, 0) is 6.54 Å². The number of carbonyl (C=O) groups excluding carboxylic acids is 1. The summed E-state index contributed by atoms with van der Waals surface area (Å²) in [6.45, 7) is 2.47. The third-order valence-corrected chi connectivity index (χ3v) is 3.77. The fraction of sp³-hybridized carbons (Fsp3) is 0.100. The highest BCUT2D eigenvalue weighted by Gasteiger charge is 2.12. The van der Waals surface area contributed by atoms with E-state index in [4.69, 9.17) is 0 Å². The molecule has 3 rings (SSSR count). The van der Waals surface area contributed by atoms with Crippen molar-refractivity contribution in [1.82, 2.24) is 0 Å². The minimum Gasteiger partial charge on any atom is -0.287 e. The normalized spacial score (nSPS) is 10.4. The minimum atomic E-state index is 0.120. The van der Waals surface area contributed by atoms with Crippen LogP contribution < -0.4 is 4.57 Å². The zero-order valence-electron chi connectivity index (χ0n) is 12.6. The number of ketones is 1. The fourth-order valence-electron chi connectivity index (χ4n) is 2.52. The summed E-state index contributed by atoms with van der Waals surface area (Å²) in [5.41, 5.74) is 4.39. The molecule has 0 unspecified atom stereocenters. The zero-order chi connectivity index (χ0) is 15.4. The van der Waals surface area contributed by atoms with Crippen LogP contribution in [0.1, 0.15) is 15.9 Å². The Kier molecular flexibility index (Phi) is 4.10. The number of nitrogens with zero attached hydrogens (tertiary/aromatic N) is 1. The van der Waals surface area contributed by atoms with Crippen molar-refractivity contribution in [2.45, 2.75) is 13.5 Å². The summed E-state index contributed by atoms with van der Waals surface area (Å²) in [6, 6.07) is 21.8. The molecule has 22 heavy (non-hydrogen) atoms. The number of aromatic nitrogens is 1. The number of pyridine rings is 1. The van der Waals surface area contributed by atoms with Crippen LogP contribution in [-0.4, -0.2) is 5.78 Å². The van der Waals surface area contributed by atoms with Crippen LogP contribution >= 0.6 is 0 Å². The highest BCUT2D eigenvalue weighted by atomic mass is 16.1. The van der Waals surface area contributed by atoms with Crippen molar-refractivity contribution in [2.75, 3.05) is 0 Å². The predicted octanol–water partition coefficient (Wildman–Crippen LogP) is 3.83. The van der Waals surface area contributed by atoms with Gasteiger partial charge < -0.3 is 0 Å². The van der Waals surface area contributed by atoms with Crippen LogP contribution in [0.15, 0.2) is 79.1 Å². The molecule has 0 aliphatic heterocycles. The molecule has 2 heteroatoms. The predicted molar refractivity (Wildman–Crippen MR) is 87.6 cm³/mol. The summed E-state index contributed by atoms with van der Waals surface area (Å²) < 4.78 is 1.91. The summed E-state index contributed by atoms with van der Waals surface area (Å²) in [6.07, 6.45) is 3.92. The van der Waals surface area contributed by atoms with Gasteiger partial charge in [0.2, 0.25) is 12.3 Å². The van der Waals surface area contributed by atoms with Gasteiger partial charge in [-0.3, -0.25) is 4.79 Å². The molecule has 0 amide bonds. The SMILES string of the molecule is Cc1ccccc1-c1cc[n+](CC(=O)c2ccccc2)cc1. The van der Waals surface area contributed by atoms with Gasteiger partial charge in [0, 0.05) is 17.7 Å². The van der Waals surface area contributed by atoms with Gasteiger partial charge in [-0.1, -0.05) is 54.6 Å². The number of aryl methyl sites for hydroxylation is 1. The highest BCUT2D eigenvalue weighted by molar-refractivity contribution is 5.94. The Balaban J connectivity index is 1.78. The van der Waals surface area contributed by atoms with Crippen LogP contribution in [0.4, 0.5) is 0 Å². The molecule has 0 atom stereocenters. The molecule has 108 valence electrons. The van der Waals surface area contributed by atoms with E-state index in [2.05, 4.69) is 31.2 Å². The molecule has 3 aromatic rings. The van der Waals surface area contributed by atoms with E-state index in [0.717, 1.165) is 5.56 Å². The third kappa shape index (κ3) is 3.12. The monoisotopic (exact) mass is 288 g/mol. The van der Waals surface area contributed by atoms with E-state index in [1.165, 1.54) is 16.7 Å². The summed E-state index contributed by atoms with van der Waals surface area (Å²) in [5.74, 6) is 0.120. The van der Waals surface area contributed by atoms with Gasteiger partial charge in [-0.05, 0) is 23.6 Å². The Morgan fingerprint density at radius 2 is 1.50 bits per heavy atom. The number of carbonyl (C=O) groups is 1. The average molecular weight is 288 g/mol. The maximum Gasteiger partial charge on any atom is 0.227 e. The van der Waals surface area contributed by atoms with Crippen LogP contribution in [0.25, 0.3) is 11.1 Å². The topological polar surface area (TPSA) is 20.9 Å². The molecule has 0 fully saturated rings. The molecular weight excluding hydrogens is 270 g/mol. The van der Waals surface area contributed by atoms with Gasteiger partial charge in [0.15, 0.2) is 12.4 Å². The Hall–Kier alpha value is -2.74. The molecule has 0 saturated heterocycles. The van der Waals surface area contributed by atoms with Gasteiger partial charge in [-0.2, -0.15) is 4.57 Å². The molecule has 0 saturated carbocycles. The summed E-state index contributed by atoms with van der Waals surface area (Å²) in [7, 11) is 0. The molecule has 0 N–H and O–H groups in total. The highest BCUT2D eigenvalue weighted by Crippen LogP contribution is 2.21. The van der Waals surface area contributed by atoms with Gasteiger partial charge >= 0.3 is 0 Å². The van der Waals surface area contributed by atoms with Gasteiger partial charge in [0.25, 0.3) is 0 Å². The second-order valence-electron chi connectivity index (χ2n) is 5.36. The van der Waals surface area contributed by atoms with Crippen molar-refractivity contribution in [1.29, 1.82) is 0 Å². The summed E-state index contributed by atoms with van der Waals surface area (Å²) in [4.78, 5) is 12.2. The standard InChI is InChI=1S/C20H18NO/c1-16-7-5-6-10-19(16)17-11-13-21(14-12-17)15-20(22)18-8-3-2-4-9-18/h2-14H,15H2,1H3/q+1. The first-order valence-corrected chi connectivity index (χ1v) is 7.37. The first-order chi connectivity index (χ1) is 10.7. The average Bonchev–Trinajstić information content (AvgIpc) is 2.57. The molecule has 0 bridgehead atoms. The first kappa shape index (κ1) is 14.2. The van der Waals surface area contributed by atoms with E-state index < -0.39 is 0 Å². The maximum absolute atomic E-state index is 12.2. The van der Waals surface area contributed by atoms with Crippen molar-refractivity contribution >= 4 is 5.78 Å². The minimum absolute atomic E-state index is 0.120. The van der Waals surface area contributed by atoms with Crippen LogP contribution in [0.2, 0.25) is 0 Å². The van der Waals surface area contributed by atoms with Crippen LogP contribution in [0, 0.1) is 6.92 Å². The van der Waals surface area contributed by atoms with E-state index in [1.54, 1.807) is 0 Å². The van der Waals surface area contributed by atoms with Gasteiger partial charge in [-0.15, -0.1) is 0 Å². The Morgan fingerprint density at radius 3 is 2.18 bits per heavy atom. The molecule has 2 aromatic carbocycles. The number of benzene rings is 2. The van der Waals surface area contributed by atoms with Gasteiger partial charge in [0.05, 0.1) is 0 Å². The second-order valence-corrected chi connectivity index (χ2v) is 5.36. The Bertz CT molecular complexity index is 776. The summed E-state index contributed by atoms with van der Waals surface area (Å²) in [5, 5.41) is 0. The molecular formula is C20H18NO+. The van der Waals surface area contributed by atoms with Crippen molar-refractivity contribution in [3.63, 3.8) is 0 Å². The van der Waals surface area contributed by atoms with Crippen LogP contribution in [0.3, 0.4) is 0 Å². The van der Waals surface area contributed by atoms with Crippen molar-refractivity contribution in [2.24, 2.45) is 0 Å². The zero-order valence-corrected chi connectivity index (χ0v) is 12.6. The Morgan fingerprint density at radius 1 is 0.864 bits per heavy atom. The van der Waals surface area contributed by atoms with Gasteiger partial charge in [0.1, 0.15) is 0 Å². The van der Waals surface area contributed by atoms with Crippen LogP contribution in [0.5, 0.6) is 0 Å². The van der Waals surface area contributed by atoms with E-state index in [-0.39, 0.29) is 5.78 Å². The number of hydrogen-bond donors (Lipinski definition) is 0. The molecule has 1 heterocycles. The maximum atomic E-state index is 12.2. The van der Waals surface area contributed by atoms with Crippen molar-refractivity contribution in [3.8, 4) is 11.1 Å². The molecule has 0 spiro atoms. The van der Waals surface area contributed by atoms with E-state index in [9.17, 15) is 4.79 Å². The first-order valence-electron chi connectivity index (χ1n) is 7.37. The van der Waals surface area contributed by atoms with Crippen molar-refractivity contribution < 1.29 is 9.36 Å².